The summed E-state index contributed by atoms with van der Waals surface area (Å²) in [6.07, 6.45) is 0. The summed E-state index contributed by atoms with van der Waals surface area (Å²) in [5, 5.41) is 10.5. The summed E-state index contributed by atoms with van der Waals surface area (Å²) in [6.45, 7) is 0. The van der Waals surface area contributed by atoms with Gasteiger partial charge in [0.25, 0.3) is 5.69 Å². The molecule has 0 spiro atoms. The quantitative estimate of drug-likeness (QED) is 0.390. The lowest BCUT2D eigenvalue weighted by atomic mass is 10.2. The second-order valence-electron chi connectivity index (χ2n) is 2.30. The first-order valence-corrected chi connectivity index (χ1v) is 4.41. The molecule has 6 heteroatoms. The zero-order valence-corrected chi connectivity index (χ0v) is 8.94. The fourth-order valence-electron chi connectivity index (χ4n) is 0.848. The zero-order valence-electron chi connectivity index (χ0n) is 6.78. The lowest BCUT2D eigenvalue weighted by molar-refractivity contribution is -0.384. The van der Waals surface area contributed by atoms with Gasteiger partial charge in [-0.3, -0.25) is 10.1 Å². The van der Waals surface area contributed by atoms with Crippen LogP contribution in [0, 0.1) is 13.7 Å². The lowest BCUT2D eigenvalue weighted by Gasteiger charge is -2.03. The fraction of sp³-hybridized carbons (Fsp3) is 0.143. The van der Waals surface area contributed by atoms with Gasteiger partial charge in [-0.2, -0.15) is 0 Å². The predicted octanol–water partition coefficient (Wildman–Crippen LogP) is 1.79. The summed E-state index contributed by atoms with van der Waals surface area (Å²) in [5.41, 5.74) is 5.55. The summed E-state index contributed by atoms with van der Waals surface area (Å²) in [6, 6.07) is 2.94. The Morgan fingerprint density at radius 2 is 2.23 bits per heavy atom. The number of nitro groups is 1. The molecule has 5 nitrogen and oxygen atoms in total. The van der Waals surface area contributed by atoms with E-state index in [-0.39, 0.29) is 11.4 Å². The first-order chi connectivity index (χ1) is 6.06. The molecule has 1 aromatic rings. The molecule has 2 N–H and O–H groups in total. The highest BCUT2D eigenvalue weighted by Gasteiger charge is 2.15. The molecule has 0 saturated carbocycles. The van der Waals surface area contributed by atoms with Crippen LogP contribution < -0.4 is 10.5 Å². The largest absolute Gasteiger partial charge is 0.496 e. The molecule has 0 aliphatic rings. The van der Waals surface area contributed by atoms with E-state index in [1.165, 1.54) is 13.2 Å². The van der Waals surface area contributed by atoms with Crippen LogP contribution >= 0.6 is 22.6 Å². The van der Waals surface area contributed by atoms with Gasteiger partial charge in [-0.25, -0.2) is 0 Å². The van der Waals surface area contributed by atoms with Crippen molar-refractivity contribution < 1.29 is 9.66 Å². The standard InChI is InChI=1S/C7H7IN2O3/c1-13-4-2-5(8)7(9)6(3-4)10(11)12/h2-3H,9H2,1H3. The first-order valence-electron chi connectivity index (χ1n) is 3.33. The van der Waals surface area contributed by atoms with Crippen LogP contribution in [0.25, 0.3) is 0 Å². The van der Waals surface area contributed by atoms with Crippen LogP contribution in [-0.2, 0) is 0 Å². The highest BCUT2D eigenvalue weighted by atomic mass is 127. The van der Waals surface area contributed by atoms with E-state index in [1.807, 2.05) is 22.6 Å². The molecule has 13 heavy (non-hydrogen) atoms. The van der Waals surface area contributed by atoms with E-state index >= 15 is 0 Å². The van der Waals surface area contributed by atoms with Crippen LogP contribution in [0.5, 0.6) is 5.75 Å². The third-order valence-corrected chi connectivity index (χ3v) is 2.41. The van der Waals surface area contributed by atoms with Crippen LogP contribution in [-0.4, -0.2) is 12.0 Å². The van der Waals surface area contributed by atoms with Crippen molar-refractivity contribution in [3.05, 3.63) is 25.8 Å². The van der Waals surface area contributed by atoms with Crippen molar-refractivity contribution in [2.45, 2.75) is 0 Å². The molecular formula is C7H7IN2O3. The maximum atomic E-state index is 10.5. The molecule has 0 atom stereocenters. The summed E-state index contributed by atoms with van der Waals surface area (Å²) < 4.78 is 5.49. The van der Waals surface area contributed by atoms with E-state index in [0.717, 1.165) is 0 Å². The second-order valence-corrected chi connectivity index (χ2v) is 3.46. The Hall–Kier alpha value is -1.05. The van der Waals surface area contributed by atoms with Gasteiger partial charge in [0.05, 0.1) is 18.1 Å². The molecule has 0 aromatic heterocycles. The molecule has 70 valence electrons. The van der Waals surface area contributed by atoms with Crippen LogP contribution in [0.4, 0.5) is 11.4 Å². The Labute approximate surface area is 88.2 Å². The van der Waals surface area contributed by atoms with Crippen molar-refractivity contribution in [2.24, 2.45) is 0 Å². The van der Waals surface area contributed by atoms with Gasteiger partial charge in [-0.1, -0.05) is 0 Å². The van der Waals surface area contributed by atoms with Crippen LogP contribution in [0.15, 0.2) is 12.1 Å². The number of rotatable bonds is 2. The van der Waals surface area contributed by atoms with E-state index in [2.05, 4.69) is 0 Å². The van der Waals surface area contributed by atoms with Crippen LogP contribution in [0.3, 0.4) is 0 Å². The predicted molar refractivity (Wildman–Crippen MR) is 56.8 cm³/mol. The Morgan fingerprint density at radius 1 is 1.62 bits per heavy atom. The number of nitrogen functional groups attached to an aromatic ring is 1. The van der Waals surface area contributed by atoms with Gasteiger partial charge in [0, 0.05) is 3.57 Å². The maximum Gasteiger partial charge on any atom is 0.296 e. The molecular weight excluding hydrogens is 287 g/mol. The normalized spacial score (nSPS) is 9.69. The highest BCUT2D eigenvalue weighted by molar-refractivity contribution is 14.1. The third-order valence-electron chi connectivity index (χ3n) is 1.51. The molecule has 0 bridgehead atoms. The van der Waals surface area contributed by atoms with Crippen LogP contribution in [0.2, 0.25) is 0 Å². The highest BCUT2D eigenvalue weighted by Crippen LogP contribution is 2.31. The molecule has 1 aromatic carbocycles. The van der Waals surface area contributed by atoms with Gasteiger partial charge >= 0.3 is 0 Å². The number of ether oxygens (including phenoxy) is 1. The Morgan fingerprint density at radius 3 is 2.69 bits per heavy atom. The molecule has 0 heterocycles. The zero-order chi connectivity index (χ0) is 10.0. The summed E-state index contributed by atoms with van der Waals surface area (Å²) in [5.74, 6) is 0.435. The monoisotopic (exact) mass is 294 g/mol. The maximum absolute atomic E-state index is 10.5. The number of nitrogens with zero attached hydrogens (tertiary/aromatic N) is 1. The van der Waals surface area contributed by atoms with Gasteiger partial charge in [0.1, 0.15) is 11.4 Å². The molecule has 0 unspecified atom stereocenters. The van der Waals surface area contributed by atoms with E-state index < -0.39 is 4.92 Å². The molecule has 0 amide bonds. The minimum atomic E-state index is -0.528. The molecule has 0 radical (unpaired) electrons. The lowest BCUT2D eigenvalue weighted by Crippen LogP contribution is -1.98. The van der Waals surface area contributed by atoms with Gasteiger partial charge in [0.15, 0.2) is 0 Å². The Bertz CT molecular complexity index is 354. The summed E-state index contributed by atoms with van der Waals surface area (Å²) in [7, 11) is 1.45. The second kappa shape index (κ2) is 3.77. The van der Waals surface area contributed by atoms with Gasteiger partial charge in [0.2, 0.25) is 0 Å². The topological polar surface area (TPSA) is 78.4 Å². The molecule has 0 aliphatic heterocycles. The van der Waals surface area contributed by atoms with Crippen molar-refractivity contribution in [2.75, 3.05) is 12.8 Å². The number of hydrogen-bond donors (Lipinski definition) is 1. The average molecular weight is 294 g/mol. The van der Waals surface area contributed by atoms with E-state index in [1.54, 1.807) is 6.07 Å². The van der Waals surface area contributed by atoms with Crippen molar-refractivity contribution in [1.82, 2.24) is 0 Å². The number of nitrogens with two attached hydrogens (primary N) is 1. The molecule has 0 aliphatic carbocycles. The first kappa shape index (κ1) is 10.0. The average Bonchev–Trinajstić information content (AvgIpc) is 2.09. The van der Waals surface area contributed by atoms with E-state index in [9.17, 15) is 10.1 Å². The number of hydrogen-bond acceptors (Lipinski definition) is 4. The smallest absolute Gasteiger partial charge is 0.296 e. The van der Waals surface area contributed by atoms with Crippen molar-refractivity contribution >= 4 is 34.0 Å². The number of anilines is 1. The number of halogens is 1. The summed E-state index contributed by atoms with van der Waals surface area (Å²) >= 11 is 1.92. The number of methoxy groups -OCH3 is 1. The molecule has 1 rings (SSSR count). The van der Waals surface area contributed by atoms with Crippen molar-refractivity contribution in [1.29, 1.82) is 0 Å². The van der Waals surface area contributed by atoms with E-state index in [4.69, 9.17) is 10.5 Å². The van der Waals surface area contributed by atoms with Gasteiger partial charge in [-0.05, 0) is 28.7 Å². The Kier molecular flexibility index (Phi) is 2.91. The van der Waals surface area contributed by atoms with Crippen molar-refractivity contribution in [3.8, 4) is 5.75 Å². The third kappa shape index (κ3) is 2.00. The summed E-state index contributed by atoms with van der Waals surface area (Å²) in [4.78, 5) is 9.98. The van der Waals surface area contributed by atoms with Crippen molar-refractivity contribution in [3.63, 3.8) is 0 Å². The Balaban J connectivity index is 3.33. The number of nitro benzene ring substituents is 1. The fourth-order valence-corrected chi connectivity index (χ4v) is 1.43. The van der Waals surface area contributed by atoms with E-state index in [0.29, 0.717) is 9.32 Å². The minimum Gasteiger partial charge on any atom is -0.496 e. The minimum absolute atomic E-state index is 0.122. The SMILES string of the molecule is COc1cc(I)c(N)c([N+](=O)[O-])c1. The van der Waals surface area contributed by atoms with Crippen LogP contribution in [0.1, 0.15) is 0 Å². The molecule has 0 fully saturated rings. The van der Waals surface area contributed by atoms with Gasteiger partial charge < -0.3 is 10.5 Å². The number of benzene rings is 1. The van der Waals surface area contributed by atoms with Gasteiger partial charge in [-0.15, -0.1) is 0 Å². The molecule has 0 saturated heterocycles.